The lowest BCUT2D eigenvalue weighted by atomic mass is 10.3. The van der Waals surface area contributed by atoms with Crippen molar-refractivity contribution in [3.8, 4) is 0 Å². The fraction of sp³-hybridized carbons (Fsp3) is 0.0667. The van der Waals surface area contributed by atoms with Crippen LogP contribution in [0.5, 0.6) is 0 Å². The molecule has 0 aliphatic heterocycles. The van der Waals surface area contributed by atoms with Crippen LogP contribution in [0.1, 0.15) is 0 Å². The van der Waals surface area contributed by atoms with Gasteiger partial charge in [-0.25, -0.2) is 4.98 Å². The first-order valence-electron chi connectivity index (χ1n) is 6.28. The van der Waals surface area contributed by atoms with Crippen molar-refractivity contribution in [1.29, 1.82) is 0 Å². The molecule has 0 fully saturated rings. The highest BCUT2D eigenvalue weighted by molar-refractivity contribution is 6.42. The molecule has 3 aromatic rings. The maximum absolute atomic E-state index is 12.1. The number of carbonyl (C=O) groups excluding carboxylic acids is 1. The van der Waals surface area contributed by atoms with Gasteiger partial charge >= 0.3 is 0 Å². The Kier molecular flexibility index (Phi) is 3.82. The molecule has 0 unspecified atom stereocenters. The lowest BCUT2D eigenvalue weighted by Gasteiger charge is -2.08. The Balaban J connectivity index is 1.75. The first-order valence-corrected chi connectivity index (χ1v) is 7.04. The first kappa shape index (κ1) is 13.9. The number of hydrogen-bond donors (Lipinski definition) is 1. The van der Waals surface area contributed by atoms with Crippen molar-refractivity contribution < 1.29 is 4.79 Å². The van der Waals surface area contributed by atoms with Crippen LogP contribution in [0.25, 0.3) is 11.0 Å². The smallest absolute Gasteiger partial charge is 0.244 e. The minimum atomic E-state index is -0.156. The lowest BCUT2D eigenvalue weighted by molar-refractivity contribution is -0.116. The largest absolute Gasteiger partial charge is 0.324 e. The second-order valence-corrected chi connectivity index (χ2v) is 5.35. The van der Waals surface area contributed by atoms with Crippen molar-refractivity contribution in [2.45, 2.75) is 6.54 Å². The van der Waals surface area contributed by atoms with Crippen LogP contribution in [-0.2, 0) is 11.3 Å². The molecular formula is C15H11Cl2N3O. The van der Waals surface area contributed by atoms with Crippen molar-refractivity contribution in [3.05, 3.63) is 58.8 Å². The van der Waals surface area contributed by atoms with Crippen LogP contribution in [-0.4, -0.2) is 15.5 Å². The van der Waals surface area contributed by atoms with E-state index >= 15 is 0 Å². The molecular weight excluding hydrogens is 309 g/mol. The summed E-state index contributed by atoms with van der Waals surface area (Å²) >= 11 is 11.8. The number of nitrogens with one attached hydrogen (secondary N) is 1. The van der Waals surface area contributed by atoms with Gasteiger partial charge in [0.25, 0.3) is 0 Å². The zero-order chi connectivity index (χ0) is 14.8. The monoisotopic (exact) mass is 319 g/mol. The van der Waals surface area contributed by atoms with Crippen LogP contribution in [0.4, 0.5) is 5.69 Å². The van der Waals surface area contributed by atoms with Crippen molar-refractivity contribution in [3.63, 3.8) is 0 Å². The Bertz CT molecular complexity index is 814. The second-order valence-electron chi connectivity index (χ2n) is 4.54. The van der Waals surface area contributed by atoms with Crippen molar-refractivity contribution >= 4 is 45.8 Å². The Morgan fingerprint density at radius 3 is 2.86 bits per heavy atom. The zero-order valence-electron chi connectivity index (χ0n) is 10.9. The molecule has 0 bridgehead atoms. The quantitative estimate of drug-likeness (QED) is 0.793. The summed E-state index contributed by atoms with van der Waals surface area (Å²) in [5, 5.41) is 4.64. The minimum absolute atomic E-state index is 0.156. The predicted octanol–water partition coefficient (Wildman–Crippen LogP) is 3.98. The zero-order valence-corrected chi connectivity index (χ0v) is 12.4. The Hall–Kier alpha value is -2.04. The molecule has 21 heavy (non-hydrogen) atoms. The van der Waals surface area contributed by atoms with Crippen molar-refractivity contribution in [2.24, 2.45) is 0 Å². The van der Waals surface area contributed by atoms with E-state index < -0.39 is 0 Å². The van der Waals surface area contributed by atoms with Gasteiger partial charge in [0.1, 0.15) is 12.2 Å². The number of nitrogens with zero attached hydrogens (tertiary/aromatic N) is 2. The van der Waals surface area contributed by atoms with E-state index in [1.165, 1.54) is 0 Å². The molecule has 1 aromatic carbocycles. The van der Waals surface area contributed by atoms with Gasteiger partial charge in [0.15, 0.2) is 0 Å². The topological polar surface area (TPSA) is 46.9 Å². The predicted molar refractivity (Wildman–Crippen MR) is 84.8 cm³/mol. The van der Waals surface area contributed by atoms with Crippen molar-refractivity contribution in [1.82, 2.24) is 9.55 Å². The summed E-state index contributed by atoms with van der Waals surface area (Å²) in [6, 6.07) is 10.7. The van der Waals surface area contributed by atoms with E-state index in [4.69, 9.17) is 23.2 Å². The number of fused-ring (bicyclic) bond motifs is 1. The first-order chi connectivity index (χ1) is 10.1. The van der Waals surface area contributed by atoms with Gasteiger partial charge in [-0.2, -0.15) is 0 Å². The van der Waals surface area contributed by atoms with Gasteiger partial charge in [-0.1, -0.05) is 23.2 Å². The highest BCUT2D eigenvalue weighted by Crippen LogP contribution is 2.25. The second kappa shape index (κ2) is 5.76. The standard InChI is InChI=1S/C15H11Cl2N3O/c16-12-4-3-11(8-13(12)17)19-14(21)9-20-7-5-10-2-1-6-18-15(10)20/h1-8H,9H2,(H,19,21). The van der Waals surface area contributed by atoms with Gasteiger partial charge in [0.2, 0.25) is 5.91 Å². The number of halogens is 2. The van der Waals surface area contributed by atoms with E-state index in [1.54, 1.807) is 29.0 Å². The third-order valence-corrected chi connectivity index (χ3v) is 3.78. The van der Waals surface area contributed by atoms with E-state index in [1.807, 2.05) is 24.4 Å². The van der Waals surface area contributed by atoms with Gasteiger partial charge in [-0.3, -0.25) is 4.79 Å². The number of rotatable bonds is 3. The molecule has 2 heterocycles. The van der Waals surface area contributed by atoms with Crippen molar-refractivity contribution in [2.75, 3.05) is 5.32 Å². The third-order valence-electron chi connectivity index (χ3n) is 3.04. The SMILES string of the molecule is O=C(Cn1ccc2cccnc21)Nc1ccc(Cl)c(Cl)c1. The Morgan fingerprint density at radius 1 is 1.19 bits per heavy atom. The Morgan fingerprint density at radius 2 is 2.05 bits per heavy atom. The highest BCUT2D eigenvalue weighted by atomic mass is 35.5. The molecule has 0 saturated carbocycles. The maximum atomic E-state index is 12.1. The van der Waals surface area contributed by atoms with Crippen LogP contribution in [0, 0.1) is 0 Å². The fourth-order valence-corrected chi connectivity index (χ4v) is 2.38. The number of benzene rings is 1. The van der Waals surface area contributed by atoms with Crippen LogP contribution < -0.4 is 5.32 Å². The molecule has 4 nitrogen and oxygen atoms in total. The molecule has 0 aliphatic rings. The van der Waals surface area contributed by atoms with E-state index in [0.29, 0.717) is 15.7 Å². The lowest BCUT2D eigenvalue weighted by Crippen LogP contribution is -2.18. The number of aromatic nitrogens is 2. The molecule has 3 rings (SSSR count). The van der Waals surface area contributed by atoms with Crippen LogP contribution in [0.3, 0.4) is 0 Å². The molecule has 0 radical (unpaired) electrons. The maximum Gasteiger partial charge on any atom is 0.244 e. The summed E-state index contributed by atoms with van der Waals surface area (Å²) in [5.74, 6) is -0.156. The molecule has 2 aromatic heterocycles. The fourth-order valence-electron chi connectivity index (χ4n) is 2.08. The summed E-state index contributed by atoms with van der Waals surface area (Å²) in [5.41, 5.74) is 1.39. The molecule has 6 heteroatoms. The average Bonchev–Trinajstić information content (AvgIpc) is 2.86. The molecule has 0 spiro atoms. The summed E-state index contributed by atoms with van der Waals surface area (Å²) in [4.78, 5) is 16.4. The van der Waals surface area contributed by atoms with E-state index in [2.05, 4.69) is 10.3 Å². The van der Waals surface area contributed by atoms with Gasteiger partial charge in [0.05, 0.1) is 10.0 Å². The van der Waals surface area contributed by atoms with Gasteiger partial charge in [-0.15, -0.1) is 0 Å². The van der Waals surface area contributed by atoms with E-state index in [-0.39, 0.29) is 12.5 Å². The highest BCUT2D eigenvalue weighted by Gasteiger charge is 2.08. The van der Waals surface area contributed by atoms with E-state index in [0.717, 1.165) is 11.0 Å². The van der Waals surface area contributed by atoms with Gasteiger partial charge in [0, 0.05) is 23.5 Å². The molecule has 1 N–H and O–H groups in total. The molecule has 0 atom stereocenters. The minimum Gasteiger partial charge on any atom is -0.324 e. The average molecular weight is 320 g/mol. The molecule has 106 valence electrons. The van der Waals surface area contributed by atoms with Crippen LogP contribution in [0.2, 0.25) is 10.0 Å². The number of pyridine rings is 1. The van der Waals surface area contributed by atoms with Crippen LogP contribution >= 0.6 is 23.2 Å². The number of hydrogen-bond acceptors (Lipinski definition) is 2. The summed E-state index contributed by atoms with van der Waals surface area (Å²) in [6.07, 6.45) is 3.54. The molecule has 1 amide bonds. The number of carbonyl (C=O) groups is 1. The van der Waals surface area contributed by atoms with Crippen LogP contribution in [0.15, 0.2) is 48.8 Å². The van der Waals surface area contributed by atoms with E-state index in [9.17, 15) is 4.79 Å². The summed E-state index contributed by atoms with van der Waals surface area (Å²) in [7, 11) is 0. The number of anilines is 1. The number of amides is 1. The van der Waals surface area contributed by atoms with Gasteiger partial charge < -0.3 is 9.88 Å². The third kappa shape index (κ3) is 3.01. The molecule has 0 aliphatic carbocycles. The van der Waals surface area contributed by atoms with Gasteiger partial charge in [-0.05, 0) is 36.4 Å². The summed E-state index contributed by atoms with van der Waals surface area (Å²) < 4.78 is 1.79. The Labute approximate surface area is 131 Å². The summed E-state index contributed by atoms with van der Waals surface area (Å²) in [6.45, 7) is 0.181. The molecule has 0 saturated heterocycles. The normalized spacial score (nSPS) is 10.8.